The van der Waals surface area contributed by atoms with E-state index in [1.807, 2.05) is 30.5 Å². The van der Waals surface area contributed by atoms with Gasteiger partial charge in [-0.3, -0.25) is 4.90 Å². The van der Waals surface area contributed by atoms with Crippen molar-refractivity contribution in [2.45, 2.75) is 11.7 Å². The molecule has 0 bridgehead atoms. The molecule has 8 nitrogen and oxygen atoms in total. The van der Waals surface area contributed by atoms with Crippen LogP contribution in [-0.2, 0) is 6.54 Å². The summed E-state index contributed by atoms with van der Waals surface area (Å²) >= 11 is 1.42. The number of amides is 2. The van der Waals surface area contributed by atoms with Crippen LogP contribution in [-0.4, -0.2) is 41.5 Å². The van der Waals surface area contributed by atoms with Crippen molar-refractivity contribution in [3.05, 3.63) is 54.4 Å². The predicted molar refractivity (Wildman–Crippen MR) is 111 cm³/mol. The Balaban J connectivity index is 1.80. The monoisotopic (exact) mass is 409 g/mol. The number of carbonyl (C=O) groups excluding carboxylic acids is 1. The molecule has 0 spiro atoms. The van der Waals surface area contributed by atoms with E-state index < -0.39 is 0 Å². The number of thioether (sulfide) groups is 1. The molecule has 148 valence electrons. The highest BCUT2D eigenvalue weighted by atomic mass is 32.2. The lowest BCUT2D eigenvalue weighted by molar-refractivity contribution is 0.252. The average molecular weight is 409 g/mol. The highest BCUT2D eigenvalue weighted by molar-refractivity contribution is 7.98. The molecule has 0 radical (unpaired) electrons. The summed E-state index contributed by atoms with van der Waals surface area (Å²) in [5.41, 5.74) is 1.57. The first kappa shape index (κ1) is 19.0. The highest BCUT2D eigenvalue weighted by Crippen LogP contribution is 2.36. The Morgan fingerprint density at radius 2 is 1.69 bits per heavy atom. The van der Waals surface area contributed by atoms with Gasteiger partial charge in [0.05, 0.1) is 27.0 Å². The average Bonchev–Trinajstić information content (AvgIpc) is 2.78. The van der Waals surface area contributed by atoms with Crippen LogP contribution in [0.15, 0.2) is 53.9 Å². The van der Waals surface area contributed by atoms with Gasteiger partial charge >= 0.3 is 6.03 Å². The minimum Gasteiger partial charge on any atom is -0.497 e. The number of hydrogen-bond acceptors (Lipinski definition) is 7. The zero-order valence-electron chi connectivity index (χ0n) is 16.2. The molecule has 0 fully saturated rings. The number of nitrogens with zero attached hydrogens (tertiary/aromatic N) is 5. The maximum atomic E-state index is 13.5. The third kappa shape index (κ3) is 3.56. The summed E-state index contributed by atoms with van der Waals surface area (Å²) in [5.74, 6) is 2.33. The molecule has 2 aromatic heterocycles. The second-order valence-corrected chi connectivity index (χ2v) is 6.94. The van der Waals surface area contributed by atoms with Gasteiger partial charge in [0.2, 0.25) is 0 Å². The normalized spacial score (nSPS) is 13.3. The number of rotatable bonds is 5. The summed E-state index contributed by atoms with van der Waals surface area (Å²) in [6.07, 6.45) is 5.23. The fourth-order valence-electron chi connectivity index (χ4n) is 3.03. The van der Waals surface area contributed by atoms with Crippen LogP contribution in [0.2, 0.25) is 0 Å². The van der Waals surface area contributed by atoms with Gasteiger partial charge < -0.3 is 9.47 Å². The van der Waals surface area contributed by atoms with Crippen LogP contribution in [0.3, 0.4) is 0 Å². The molecular formula is C20H19N5O3S. The van der Waals surface area contributed by atoms with Crippen LogP contribution in [0.25, 0.3) is 0 Å². The Kier molecular flexibility index (Phi) is 5.22. The molecule has 0 N–H and O–H groups in total. The van der Waals surface area contributed by atoms with Crippen molar-refractivity contribution in [3.8, 4) is 11.5 Å². The van der Waals surface area contributed by atoms with Crippen molar-refractivity contribution >= 4 is 35.1 Å². The molecule has 0 aliphatic carbocycles. The Labute approximate surface area is 172 Å². The van der Waals surface area contributed by atoms with E-state index >= 15 is 0 Å². The second kappa shape index (κ2) is 7.96. The Hall–Kier alpha value is -3.33. The van der Waals surface area contributed by atoms with E-state index in [9.17, 15) is 4.79 Å². The lowest BCUT2D eigenvalue weighted by Crippen LogP contribution is -2.45. The molecule has 0 unspecified atom stereocenters. The predicted octanol–water partition coefficient (Wildman–Crippen LogP) is 3.89. The maximum Gasteiger partial charge on any atom is 0.336 e. The summed E-state index contributed by atoms with van der Waals surface area (Å²) < 4.78 is 10.4. The molecule has 9 heteroatoms. The van der Waals surface area contributed by atoms with Gasteiger partial charge in [0.1, 0.15) is 17.3 Å². The molecule has 3 aromatic rings. The molecule has 0 saturated heterocycles. The van der Waals surface area contributed by atoms with Crippen LogP contribution < -0.4 is 19.3 Å². The number of carbonyl (C=O) groups is 1. The molecule has 1 aromatic carbocycles. The zero-order chi connectivity index (χ0) is 20.4. The summed E-state index contributed by atoms with van der Waals surface area (Å²) in [6.45, 7) is 0.363. The number of aromatic nitrogens is 3. The number of fused-ring (bicyclic) bond motifs is 1. The zero-order valence-corrected chi connectivity index (χ0v) is 17.0. The topological polar surface area (TPSA) is 80.7 Å². The van der Waals surface area contributed by atoms with Crippen LogP contribution in [0.5, 0.6) is 11.5 Å². The van der Waals surface area contributed by atoms with Crippen molar-refractivity contribution in [3.63, 3.8) is 0 Å². The van der Waals surface area contributed by atoms with E-state index in [1.54, 1.807) is 43.6 Å². The fraction of sp³-hybridized carbons (Fsp3) is 0.200. The van der Waals surface area contributed by atoms with E-state index in [0.29, 0.717) is 29.1 Å². The summed E-state index contributed by atoms with van der Waals surface area (Å²) in [7, 11) is 3.18. The maximum absolute atomic E-state index is 13.5. The summed E-state index contributed by atoms with van der Waals surface area (Å²) in [5, 5.41) is 0.591. The van der Waals surface area contributed by atoms with Crippen molar-refractivity contribution in [1.82, 2.24) is 15.0 Å². The second-order valence-electron chi connectivity index (χ2n) is 6.16. The fourth-order valence-corrected chi connectivity index (χ4v) is 3.37. The van der Waals surface area contributed by atoms with Crippen LogP contribution in [0.4, 0.5) is 22.1 Å². The molecule has 1 aliphatic heterocycles. The van der Waals surface area contributed by atoms with Gasteiger partial charge in [-0.15, -0.1) is 0 Å². The van der Waals surface area contributed by atoms with Crippen molar-refractivity contribution in [2.75, 3.05) is 30.3 Å². The number of pyridine rings is 1. The van der Waals surface area contributed by atoms with E-state index in [2.05, 4.69) is 15.0 Å². The van der Waals surface area contributed by atoms with Gasteiger partial charge in [-0.25, -0.2) is 24.6 Å². The smallest absolute Gasteiger partial charge is 0.336 e. The largest absolute Gasteiger partial charge is 0.497 e. The van der Waals surface area contributed by atoms with Gasteiger partial charge in [-0.2, -0.15) is 0 Å². The van der Waals surface area contributed by atoms with Crippen LogP contribution in [0, 0.1) is 0 Å². The molecule has 1 aliphatic rings. The molecule has 4 rings (SSSR count). The van der Waals surface area contributed by atoms with Crippen LogP contribution >= 0.6 is 11.8 Å². The van der Waals surface area contributed by atoms with Crippen molar-refractivity contribution in [2.24, 2.45) is 0 Å². The van der Waals surface area contributed by atoms with E-state index in [1.165, 1.54) is 16.7 Å². The van der Waals surface area contributed by atoms with Crippen LogP contribution in [0.1, 0.15) is 5.56 Å². The third-order valence-corrected chi connectivity index (χ3v) is 5.10. The lowest BCUT2D eigenvalue weighted by atomic mass is 10.2. The quantitative estimate of drug-likeness (QED) is 0.467. The number of anilines is 3. The number of hydrogen-bond donors (Lipinski definition) is 0. The Morgan fingerprint density at radius 1 is 0.966 bits per heavy atom. The Bertz CT molecular complexity index is 1030. The molecule has 0 saturated carbocycles. The number of methoxy groups -OCH3 is 2. The minimum absolute atomic E-state index is 0.244. The first-order valence-electron chi connectivity index (χ1n) is 8.80. The van der Waals surface area contributed by atoms with Gasteiger partial charge in [0.15, 0.2) is 11.0 Å². The van der Waals surface area contributed by atoms with Gasteiger partial charge in [-0.05, 0) is 42.7 Å². The number of ether oxygens (including phenoxy) is 2. The highest BCUT2D eigenvalue weighted by Gasteiger charge is 2.35. The SMILES string of the molecule is COc1ccc(N2Cc3cnc(SC)nc3N(c3ccc(OC)cn3)C2=O)cc1. The Morgan fingerprint density at radius 3 is 2.31 bits per heavy atom. The molecule has 3 heterocycles. The molecule has 0 atom stereocenters. The van der Waals surface area contributed by atoms with Gasteiger partial charge in [0.25, 0.3) is 0 Å². The molecule has 2 amide bonds. The number of urea groups is 1. The molecular weight excluding hydrogens is 390 g/mol. The lowest BCUT2D eigenvalue weighted by Gasteiger charge is -2.35. The van der Waals surface area contributed by atoms with E-state index in [0.717, 1.165) is 17.0 Å². The third-order valence-electron chi connectivity index (χ3n) is 4.53. The van der Waals surface area contributed by atoms with Crippen molar-refractivity contribution < 1.29 is 14.3 Å². The van der Waals surface area contributed by atoms with E-state index in [-0.39, 0.29) is 6.03 Å². The van der Waals surface area contributed by atoms with Gasteiger partial charge in [0, 0.05) is 17.4 Å². The first-order valence-corrected chi connectivity index (χ1v) is 10.0. The van der Waals surface area contributed by atoms with Gasteiger partial charge in [-0.1, -0.05) is 11.8 Å². The summed E-state index contributed by atoms with van der Waals surface area (Å²) in [4.78, 5) is 30.0. The van der Waals surface area contributed by atoms with E-state index in [4.69, 9.17) is 9.47 Å². The first-order chi connectivity index (χ1) is 14.1. The molecule has 29 heavy (non-hydrogen) atoms. The minimum atomic E-state index is -0.244. The van der Waals surface area contributed by atoms with Crippen molar-refractivity contribution in [1.29, 1.82) is 0 Å². The number of benzene rings is 1. The standard InChI is InChI=1S/C20H19N5O3S/c1-27-15-6-4-14(5-7-15)24-12-13-10-22-19(29-3)23-18(13)25(20(24)26)17-9-8-16(28-2)11-21-17/h4-11H,12H2,1-3H3. The summed E-state index contributed by atoms with van der Waals surface area (Å²) in [6, 6.07) is 10.6.